The first-order valence-electron chi connectivity index (χ1n) is 9.15. The average molecular weight is 393 g/mol. The van der Waals surface area contributed by atoms with Gasteiger partial charge in [-0.25, -0.2) is 13.8 Å². The van der Waals surface area contributed by atoms with Gasteiger partial charge >= 0.3 is 0 Å². The Balaban J connectivity index is 1.82. The SMILES string of the molecule is CC(C)c1nnc2ccc(-c3c(-c4ccc(F)cc4F)nc4n(C)ccn34)nn12. The summed E-state index contributed by atoms with van der Waals surface area (Å²) in [6.45, 7) is 4.02. The van der Waals surface area contributed by atoms with E-state index in [2.05, 4.69) is 15.2 Å². The van der Waals surface area contributed by atoms with E-state index in [0.29, 0.717) is 28.5 Å². The molecule has 146 valence electrons. The lowest BCUT2D eigenvalue weighted by Gasteiger charge is -2.07. The number of imidazole rings is 2. The summed E-state index contributed by atoms with van der Waals surface area (Å²) in [5.74, 6) is 0.160. The monoisotopic (exact) mass is 393 g/mol. The van der Waals surface area contributed by atoms with Gasteiger partial charge in [-0.3, -0.25) is 4.40 Å². The predicted octanol–water partition coefficient (Wildman–Crippen LogP) is 3.85. The molecule has 0 aliphatic heterocycles. The van der Waals surface area contributed by atoms with E-state index in [9.17, 15) is 8.78 Å². The number of benzene rings is 1. The molecule has 0 atom stereocenters. The van der Waals surface area contributed by atoms with E-state index in [1.807, 2.05) is 48.3 Å². The molecular formula is C20H17F2N7. The molecule has 1 aromatic carbocycles. The van der Waals surface area contributed by atoms with Gasteiger partial charge in [0.1, 0.15) is 28.7 Å². The van der Waals surface area contributed by atoms with Crippen molar-refractivity contribution < 1.29 is 8.78 Å². The maximum absolute atomic E-state index is 14.6. The second kappa shape index (κ2) is 6.20. The van der Waals surface area contributed by atoms with Crippen LogP contribution in [0.1, 0.15) is 25.6 Å². The second-order valence-electron chi connectivity index (χ2n) is 7.21. The Morgan fingerprint density at radius 2 is 1.83 bits per heavy atom. The van der Waals surface area contributed by atoms with Gasteiger partial charge in [-0.2, -0.15) is 9.61 Å². The van der Waals surface area contributed by atoms with Crippen LogP contribution in [-0.2, 0) is 7.05 Å². The summed E-state index contributed by atoms with van der Waals surface area (Å²) in [5, 5.41) is 13.1. The molecule has 0 aliphatic carbocycles. The van der Waals surface area contributed by atoms with Crippen LogP contribution in [0.15, 0.2) is 42.7 Å². The molecule has 4 aromatic heterocycles. The minimum Gasteiger partial charge on any atom is -0.320 e. The molecule has 9 heteroatoms. The number of halogens is 2. The molecule has 0 unspecified atom stereocenters. The maximum atomic E-state index is 14.6. The molecule has 0 fully saturated rings. The lowest BCUT2D eigenvalue weighted by Crippen LogP contribution is -2.03. The Labute approximate surface area is 164 Å². The number of hydrogen-bond donors (Lipinski definition) is 0. The zero-order valence-corrected chi connectivity index (χ0v) is 16.0. The van der Waals surface area contributed by atoms with Gasteiger partial charge in [0.2, 0.25) is 5.78 Å². The Morgan fingerprint density at radius 1 is 1.00 bits per heavy atom. The van der Waals surface area contributed by atoms with E-state index in [0.717, 1.165) is 11.9 Å². The van der Waals surface area contributed by atoms with Crippen LogP contribution in [0.2, 0.25) is 0 Å². The zero-order chi connectivity index (χ0) is 20.3. The van der Waals surface area contributed by atoms with E-state index >= 15 is 0 Å². The first-order valence-corrected chi connectivity index (χ1v) is 9.15. The Morgan fingerprint density at radius 3 is 2.59 bits per heavy atom. The molecule has 4 heterocycles. The van der Waals surface area contributed by atoms with Gasteiger partial charge in [0.05, 0.1) is 0 Å². The minimum atomic E-state index is -0.678. The standard InChI is InChI=1S/C20H17F2N7/c1-11(2)19-25-24-16-7-6-15(26-29(16)19)18-17(13-5-4-12(21)10-14(13)22)23-20-27(3)8-9-28(18)20/h4-11H,1-3H3. The lowest BCUT2D eigenvalue weighted by atomic mass is 10.1. The van der Waals surface area contributed by atoms with E-state index < -0.39 is 11.6 Å². The van der Waals surface area contributed by atoms with Gasteiger partial charge in [0.25, 0.3) is 0 Å². The van der Waals surface area contributed by atoms with Crippen LogP contribution in [0, 0.1) is 11.6 Å². The molecule has 0 saturated carbocycles. The number of nitrogens with zero attached hydrogens (tertiary/aromatic N) is 7. The summed E-state index contributed by atoms with van der Waals surface area (Å²) in [6, 6.07) is 7.09. The quantitative estimate of drug-likeness (QED) is 0.467. The molecule has 0 spiro atoms. The summed E-state index contributed by atoms with van der Waals surface area (Å²) in [4.78, 5) is 4.62. The number of aromatic nitrogens is 7. The third kappa shape index (κ3) is 2.61. The van der Waals surface area contributed by atoms with Gasteiger partial charge < -0.3 is 4.57 Å². The summed E-state index contributed by atoms with van der Waals surface area (Å²) >= 11 is 0. The van der Waals surface area contributed by atoms with Gasteiger partial charge in [0.15, 0.2) is 11.5 Å². The fourth-order valence-corrected chi connectivity index (χ4v) is 3.45. The highest BCUT2D eigenvalue weighted by molar-refractivity contribution is 5.80. The van der Waals surface area contributed by atoms with Crippen LogP contribution in [-0.4, -0.2) is 33.8 Å². The molecular weight excluding hydrogens is 376 g/mol. The molecule has 5 aromatic rings. The zero-order valence-electron chi connectivity index (χ0n) is 16.0. The number of fused-ring (bicyclic) bond motifs is 2. The maximum Gasteiger partial charge on any atom is 0.214 e. The van der Waals surface area contributed by atoms with Crippen LogP contribution < -0.4 is 0 Å². The van der Waals surface area contributed by atoms with Gasteiger partial charge in [0, 0.05) is 37.0 Å². The van der Waals surface area contributed by atoms with Crippen molar-refractivity contribution in [2.45, 2.75) is 19.8 Å². The number of hydrogen-bond acceptors (Lipinski definition) is 4. The minimum absolute atomic E-state index is 0.129. The topological polar surface area (TPSA) is 65.3 Å². The molecule has 29 heavy (non-hydrogen) atoms. The second-order valence-corrected chi connectivity index (χ2v) is 7.21. The van der Waals surface area contributed by atoms with E-state index in [4.69, 9.17) is 5.10 Å². The first-order chi connectivity index (χ1) is 13.9. The van der Waals surface area contributed by atoms with Gasteiger partial charge in [-0.05, 0) is 24.3 Å². The molecule has 0 amide bonds. The molecule has 7 nitrogen and oxygen atoms in total. The van der Waals surface area contributed by atoms with Gasteiger partial charge in [-0.15, -0.1) is 10.2 Å². The van der Waals surface area contributed by atoms with Crippen molar-refractivity contribution in [1.82, 2.24) is 33.8 Å². The third-order valence-electron chi connectivity index (χ3n) is 4.88. The highest BCUT2D eigenvalue weighted by atomic mass is 19.1. The lowest BCUT2D eigenvalue weighted by molar-refractivity contribution is 0.585. The first kappa shape index (κ1) is 17.5. The van der Waals surface area contributed by atoms with Crippen molar-refractivity contribution >= 4 is 11.4 Å². The average Bonchev–Trinajstić information content (AvgIpc) is 3.35. The summed E-state index contributed by atoms with van der Waals surface area (Å²) < 4.78 is 33.4. The Bertz CT molecular complexity index is 1380. The van der Waals surface area contributed by atoms with Crippen molar-refractivity contribution in [2.24, 2.45) is 7.05 Å². The van der Waals surface area contributed by atoms with Crippen molar-refractivity contribution in [3.8, 4) is 22.6 Å². The van der Waals surface area contributed by atoms with Crippen molar-refractivity contribution in [3.63, 3.8) is 0 Å². The number of rotatable bonds is 3. The summed E-state index contributed by atoms with van der Waals surface area (Å²) in [7, 11) is 1.85. The predicted molar refractivity (Wildman–Crippen MR) is 103 cm³/mol. The van der Waals surface area contributed by atoms with Crippen molar-refractivity contribution in [2.75, 3.05) is 0 Å². The summed E-state index contributed by atoms with van der Waals surface area (Å²) in [5.41, 5.74) is 2.41. The molecule has 0 N–H and O–H groups in total. The fraction of sp³-hybridized carbons (Fsp3) is 0.200. The molecule has 0 bridgehead atoms. The van der Waals surface area contributed by atoms with Crippen molar-refractivity contribution in [1.29, 1.82) is 0 Å². The Hall–Kier alpha value is -3.62. The van der Waals surface area contributed by atoms with Crippen LogP contribution >= 0.6 is 0 Å². The molecule has 5 rings (SSSR count). The third-order valence-corrected chi connectivity index (χ3v) is 4.88. The molecule has 0 aliphatic rings. The van der Waals surface area contributed by atoms with Crippen LogP contribution in [0.4, 0.5) is 8.78 Å². The normalized spacial score (nSPS) is 11.9. The van der Waals surface area contributed by atoms with Crippen LogP contribution in [0.3, 0.4) is 0 Å². The van der Waals surface area contributed by atoms with Crippen LogP contribution in [0.5, 0.6) is 0 Å². The molecule has 0 saturated heterocycles. The highest BCUT2D eigenvalue weighted by Gasteiger charge is 2.22. The Kier molecular flexibility index (Phi) is 3.73. The van der Waals surface area contributed by atoms with E-state index in [1.54, 1.807) is 10.6 Å². The smallest absolute Gasteiger partial charge is 0.214 e. The fourth-order valence-electron chi connectivity index (χ4n) is 3.45. The highest BCUT2D eigenvalue weighted by Crippen LogP contribution is 2.33. The van der Waals surface area contributed by atoms with Crippen LogP contribution in [0.25, 0.3) is 34.1 Å². The van der Waals surface area contributed by atoms with Crippen molar-refractivity contribution in [3.05, 3.63) is 60.2 Å². The summed E-state index contributed by atoms with van der Waals surface area (Å²) in [6.07, 6.45) is 3.69. The molecule has 0 radical (unpaired) electrons. The largest absolute Gasteiger partial charge is 0.320 e. The van der Waals surface area contributed by atoms with Gasteiger partial charge in [-0.1, -0.05) is 13.8 Å². The van der Waals surface area contributed by atoms with E-state index in [-0.39, 0.29) is 11.5 Å². The van der Waals surface area contributed by atoms with E-state index in [1.165, 1.54) is 12.1 Å². The number of aryl methyl sites for hydroxylation is 1.